The van der Waals surface area contributed by atoms with Crippen LogP contribution in [0.5, 0.6) is 23.0 Å². The lowest BCUT2D eigenvalue weighted by atomic mass is 10.0. The van der Waals surface area contributed by atoms with Crippen molar-refractivity contribution in [3.63, 3.8) is 0 Å². The Morgan fingerprint density at radius 2 is 2.03 bits per heavy atom. The Morgan fingerprint density at radius 1 is 1.20 bits per heavy atom. The van der Waals surface area contributed by atoms with Crippen LogP contribution in [0.1, 0.15) is 47.7 Å². The van der Waals surface area contributed by atoms with Crippen LogP contribution < -0.4 is 19.1 Å². The third-order valence-corrected chi connectivity index (χ3v) is 6.13. The maximum Gasteiger partial charge on any atom is 0.231 e. The molecule has 2 aromatic carbocycles. The molecular formula is C24H28NO5+. The number of quaternary nitrogens is 1. The number of phenols is 1. The molecule has 1 unspecified atom stereocenters. The monoisotopic (exact) mass is 410 g/mol. The fourth-order valence-corrected chi connectivity index (χ4v) is 4.30. The van der Waals surface area contributed by atoms with Gasteiger partial charge in [-0.3, -0.25) is 4.79 Å². The van der Waals surface area contributed by atoms with Gasteiger partial charge in [-0.25, -0.2) is 0 Å². The second-order valence-corrected chi connectivity index (χ2v) is 7.97. The Hall–Kier alpha value is -2.99. The molecule has 0 bridgehead atoms. The first-order chi connectivity index (χ1) is 14.5. The normalized spacial score (nSPS) is 22.0. The van der Waals surface area contributed by atoms with Gasteiger partial charge in [0.15, 0.2) is 11.5 Å². The molecule has 0 radical (unpaired) electrons. The molecule has 0 aromatic heterocycles. The van der Waals surface area contributed by atoms with Crippen LogP contribution in [-0.2, 0) is 6.54 Å². The summed E-state index contributed by atoms with van der Waals surface area (Å²) in [5, 5.41) is 10.5. The maximum atomic E-state index is 13.0. The molecule has 6 heteroatoms. The molecular weight excluding hydrogens is 382 g/mol. The van der Waals surface area contributed by atoms with Gasteiger partial charge in [-0.1, -0.05) is 0 Å². The van der Waals surface area contributed by atoms with E-state index in [2.05, 4.69) is 6.92 Å². The maximum absolute atomic E-state index is 13.0. The van der Waals surface area contributed by atoms with Crippen LogP contribution in [0.4, 0.5) is 0 Å². The number of ketones is 1. The minimum absolute atomic E-state index is 0.173. The number of carbonyl (C=O) groups excluding carboxylic acids is 1. The van der Waals surface area contributed by atoms with Crippen LogP contribution in [0.3, 0.4) is 0 Å². The molecule has 2 aliphatic rings. The third-order valence-electron chi connectivity index (χ3n) is 6.13. The van der Waals surface area contributed by atoms with Crippen molar-refractivity contribution in [2.24, 2.45) is 0 Å². The summed E-state index contributed by atoms with van der Waals surface area (Å²) >= 11 is 0. The minimum atomic E-state index is -0.196. The molecule has 0 spiro atoms. The second-order valence-electron chi connectivity index (χ2n) is 7.97. The van der Waals surface area contributed by atoms with Gasteiger partial charge in [-0.2, -0.15) is 0 Å². The molecule has 30 heavy (non-hydrogen) atoms. The summed E-state index contributed by atoms with van der Waals surface area (Å²) in [5.74, 6) is 1.94. The second kappa shape index (κ2) is 8.40. The van der Waals surface area contributed by atoms with Crippen molar-refractivity contribution in [3.8, 4) is 23.0 Å². The molecule has 6 nitrogen and oxygen atoms in total. The van der Waals surface area contributed by atoms with E-state index in [1.165, 1.54) is 24.2 Å². The molecule has 158 valence electrons. The number of hydrogen-bond acceptors (Lipinski definition) is 5. The van der Waals surface area contributed by atoms with E-state index >= 15 is 0 Å². The van der Waals surface area contributed by atoms with Crippen molar-refractivity contribution < 1.29 is 29.0 Å². The van der Waals surface area contributed by atoms with E-state index in [-0.39, 0.29) is 17.3 Å². The van der Waals surface area contributed by atoms with Gasteiger partial charge < -0.3 is 24.2 Å². The number of fused-ring (bicyclic) bond motifs is 1. The highest BCUT2D eigenvalue weighted by atomic mass is 16.5. The Bertz CT molecular complexity index is 997. The quantitative estimate of drug-likeness (QED) is 0.742. The first kappa shape index (κ1) is 20.3. The summed E-state index contributed by atoms with van der Waals surface area (Å²) in [6.45, 7) is 3.93. The van der Waals surface area contributed by atoms with E-state index in [0.29, 0.717) is 46.5 Å². The topological polar surface area (TPSA) is 69.4 Å². The number of Topliss-reactive ketones (excluding diaryl/α,β-unsaturated/α-hetero) is 1. The van der Waals surface area contributed by atoms with E-state index in [9.17, 15) is 9.90 Å². The Kier molecular flexibility index (Phi) is 5.68. The van der Waals surface area contributed by atoms with Gasteiger partial charge in [0, 0.05) is 5.56 Å². The lowest BCUT2D eigenvalue weighted by molar-refractivity contribution is -0.941. The molecule has 2 aliphatic heterocycles. The van der Waals surface area contributed by atoms with Crippen molar-refractivity contribution in [1.82, 2.24) is 0 Å². The van der Waals surface area contributed by atoms with Crippen molar-refractivity contribution in [2.45, 2.75) is 38.8 Å². The highest BCUT2D eigenvalue weighted by molar-refractivity contribution is 6.15. The van der Waals surface area contributed by atoms with Crippen LogP contribution in [-0.4, -0.2) is 37.7 Å². The first-order valence-electron chi connectivity index (χ1n) is 10.4. The number of piperidine rings is 1. The number of carbonyl (C=O) groups is 1. The molecule has 1 saturated heterocycles. The predicted molar refractivity (Wildman–Crippen MR) is 113 cm³/mol. The fraction of sp³-hybridized carbons (Fsp3) is 0.375. The van der Waals surface area contributed by atoms with Gasteiger partial charge in [-0.15, -0.1) is 0 Å². The first-order valence-corrected chi connectivity index (χ1v) is 10.4. The molecule has 0 aliphatic carbocycles. The van der Waals surface area contributed by atoms with E-state index in [0.717, 1.165) is 6.54 Å². The van der Waals surface area contributed by atoms with Crippen molar-refractivity contribution in [3.05, 3.63) is 52.8 Å². The number of likely N-dealkylation sites (tertiary alicyclic amines) is 1. The highest BCUT2D eigenvalue weighted by Crippen LogP contribution is 2.40. The average molecular weight is 410 g/mol. The number of rotatable bonds is 5. The SMILES string of the molecule is COc1ccc(OC)c(C=C2Oc3c(ccc(O)c3C[NH+]3CCCC[C@@H]3C)C2=O)c1. The van der Waals surface area contributed by atoms with Gasteiger partial charge in [0.1, 0.15) is 23.8 Å². The highest BCUT2D eigenvalue weighted by Gasteiger charge is 2.34. The Balaban J connectivity index is 1.69. The van der Waals surface area contributed by atoms with Crippen molar-refractivity contribution in [2.75, 3.05) is 20.8 Å². The lowest BCUT2D eigenvalue weighted by Crippen LogP contribution is -3.14. The fourth-order valence-electron chi connectivity index (χ4n) is 4.30. The zero-order valence-corrected chi connectivity index (χ0v) is 17.7. The van der Waals surface area contributed by atoms with E-state index in [1.54, 1.807) is 50.6 Å². The number of allylic oxidation sites excluding steroid dienone is 1. The summed E-state index contributed by atoms with van der Waals surface area (Å²) < 4.78 is 16.7. The molecule has 0 saturated carbocycles. The van der Waals surface area contributed by atoms with Gasteiger partial charge >= 0.3 is 0 Å². The lowest BCUT2D eigenvalue weighted by Gasteiger charge is -2.30. The Labute approximate surface area is 176 Å². The molecule has 4 rings (SSSR count). The van der Waals surface area contributed by atoms with Gasteiger partial charge in [-0.05, 0) is 62.6 Å². The number of hydrogen-bond donors (Lipinski definition) is 2. The van der Waals surface area contributed by atoms with E-state index in [4.69, 9.17) is 14.2 Å². The van der Waals surface area contributed by atoms with Gasteiger partial charge in [0.25, 0.3) is 0 Å². The molecule has 0 amide bonds. The van der Waals surface area contributed by atoms with E-state index in [1.807, 2.05) is 0 Å². The minimum Gasteiger partial charge on any atom is -0.507 e. The zero-order valence-electron chi connectivity index (χ0n) is 17.7. The number of benzene rings is 2. The summed E-state index contributed by atoms with van der Waals surface area (Å²) in [6, 6.07) is 9.13. The predicted octanol–water partition coefficient (Wildman–Crippen LogP) is 2.98. The van der Waals surface area contributed by atoms with Crippen LogP contribution in [0.2, 0.25) is 0 Å². The van der Waals surface area contributed by atoms with Gasteiger partial charge in [0.05, 0.1) is 37.9 Å². The van der Waals surface area contributed by atoms with Gasteiger partial charge in [0.2, 0.25) is 5.78 Å². The summed E-state index contributed by atoms with van der Waals surface area (Å²) in [4.78, 5) is 14.4. The smallest absolute Gasteiger partial charge is 0.231 e. The molecule has 1 fully saturated rings. The molecule has 2 aromatic rings. The Morgan fingerprint density at radius 3 is 2.77 bits per heavy atom. The molecule has 2 N–H and O–H groups in total. The van der Waals surface area contributed by atoms with Crippen LogP contribution in [0, 0.1) is 0 Å². The summed E-state index contributed by atoms with van der Waals surface area (Å²) in [7, 11) is 3.17. The van der Waals surface area contributed by atoms with E-state index < -0.39 is 0 Å². The van der Waals surface area contributed by atoms with Crippen molar-refractivity contribution >= 4 is 11.9 Å². The summed E-state index contributed by atoms with van der Waals surface area (Å²) in [5.41, 5.74) is 1.87. The summed E-state index contributed by atoms with van der Waals surface area (Å²) in [6.07, 6.45) is 5.26. The third kappa shape index (κ3) is 3.75. The number of phenolic OH excluding ortho intramolecular Hbond substituents is 1. The molecule has 2 atom stereocenters. The molecule has 2 heterocycles. The van der Waals surface area contributed by atoms with Crippen LogP contribution in [0.25, 0.3) is 6.08 Å². The van der Waals surface area contributed by atoms with Crippen molar-refractivity contribution in [1.29, 1.82) is 0 Å². The number of aromatic hydroxyl groups is 1. The average Bonchev–Trinajstić information content (AvgIpc) is 3.07. The number of ether oxygens (including phenoxy) is 3. The van der Waals surface area contributed by atoms with Crippen LogP contribution >= 0.6 is 0 Å². The van der Waals surface area contributed by atoms with Crippen LogP contribution in [0.15, 0.2) is 36.1 Å². The zero-order chi connectivity index (χ0) is 21.3. The number of methoxy groups -OCH3 is 2. The number of nitrogens with one attached hydrogen (secondary N) is 1. The largest absolute Gasteiger partial charge is 0.507 e. The standard InChI is InChI=1S/C24H27NO5/c1-15-6-4-5-11-25(15)14-19-20(26)9-8-18-23(27)22(30-24(18)19)13-16-12-17(28-2)7-10-21(16)29-3/h7-10,12-13,15,26H,4-6,11,14H2,1-3H3/p+1/t15-/m0/s1.